The van der Waals surface area contributed by atoms with Gasteiger partial charge in [0.1, 0.15) is 0 Å². The SMILES string of the molecule is CCNC(=NCCC(c1ccccc1)c1ccccc1)NCCN1CCCN(C)CC1.I. The lowest BCUT2D eigenvalue weighted by molar-refractivity contribution is 0.280. The quantitative estimate of drug-likeness (QED) is 0.282. The van der Waals surface area contributed by atoms with Crippen molar-refractivity contribution in [3.63, 3.8) is 0 Å². The van der Waals surface area contributed by atoms with Crippen molar-refractivity contribution in [2.75, 3.05) is 59.4 Å². The largest absolute Gasteiger partial charge is 0.357 e. The Kier molecular flexibility index (Phi) is 12.7. The average Bonchev–Trinajstić information content (AvgIpc) is 3.02. The van der Waals surface area contributed by atoms with Gasteiger partial charge in [0.2, 0.25) is 0 Å². The van der Waals surface area contributed by atoms with Gasteiger partial charge in [-0.1, -0.05) is 60.7 Å². The Morgan fingerprint density at radius 2 is 1.56 bits per heavy atom. The van der Waals surface area contributed by atoms with Crippen LogP contribution in [0.2, 0.25) is 0 Å². The van der Waals surface area contributed by atoms with Crippen LogP contribution < -0.4 is 10.6 Å². The maximum Gasteiger partial charge on any atom is 0.191 e. The standard InChI is InChI=1S/C26H39N5.HI/c1-3-27-26(29-17-20-31-19-10-18-30(2)21-22-31)28-16-15-25(23-11-6-4-7-12-23)24-13-8-5-9-14-24;/h4-9,11-14,25H,3,10,15-22H2,1-2H3,(H2,27,28,29);1H. The van der Waals surface area contributed by atoms with Crippen molar-refractivity contribution in [1.82, 2.24) is 20.4 Å². The van der Waals surface area contributed by atoms with Gasteiger partial charge in [-0.15, -0.1) is 24.0 Å². The van der Waals surface area contributed by atoms with E-state index in [2.05, 4.69) is 95.1 Å². The van der Waals surface area contributed by atoms with E-state index >= 15 is 0 Å². The predicted octanol–water partition coefficient (Wildman–Crippen LogP) is 4.02. The van der Waals surface area contributed by atoms with Gasteiger partial charge in [-0.05, 0) is 51.0 Å². The van der Waals surface area contributed by atoms with E-state index in [1.54, 1.807) is 0 Å². The zero-order chi connectivity index (χ0) is 21.7. The van der Waals surface area contributed by atoms with E-state index in [4.69, 9.17) is 4.99 Å². The van der Waals surface area contributed by atoms with E-state index < -0.39 is 0 Å². The molecule has 6 heteroatoms. The van der Waals surface area contributed by atoms with Crippen molar-refractivity contribution >= 4 is 29.9 Å². The molecule has 0 atom stereocenters. The first kappa shape index (κ1) is 26.6. The van der Waals surface area contributed by atoms with Gasteiger partial charge in [-0.3, -0.25) is 4.99 Å². The molecule has 1 aliphatic rings. The first-order valence-corrected chi connectivity index (χ1v) is 11.8. The van der Waals surface area contributed by atoms with Gasteiger partial charge in [-0.25, -0.2) is 0 Å². The lowest BCUT2D eigenvalue weighted by atomic mass is 9.89. The van der Waals surface area contributed by atoms with Crippen LogP contribution in [0.15, 0.2) is 65.7 Å². The van der Waals surface area contributed by atoms with E-state index in [1.165, 1.54) is 30.6 Å². The summed E-state index contributed by atoms with van der Waals surface area (Å²) < 4.78 is 0. The molecular weight excluding hydrogens is 509 g/mol. The van der Waals surface area contributed by atoms with Crippen LogP contribution in [-0.2, 0) is 0 Å². The predicted molar refractivity (Wildman–Crippen MR) is 147 cm³/mol. The molecule has 2 aromatic rings. The molecule has 1 fully saturated rings. The van der Waals surface area contributed by atoms with Gasteiger partial charge in [0.25, 0.3) is 0 Å². The number of aliphatic imine (C=N–C) groups is 1. The third kappa shape index (κ3) is 9.08. The highest BCUT2D eigenvalue weighted by Crippen LogP contribution is 2.27. The summed E-state index contributed by atoms with van der Waals surface area (Å²) in [5, 5.41) is 6.94. The second-order valence-electron chi connectivity index (χ2n) is 8.35. The fraction of sp³-hybridized carbons (Fsp3) is 0.500. The molecular formula is C26H40IN5. The summed E-state index contributed by atoms with van der Waals surface area (Å²) in [6.45, 7) is 10.5. The zero-order valence-corrected chi connectivity index (χ0v) is 22.0. The molecule has 2 aromatic carbocycles. The van der Waals surface area contributed by atoms with E-state index in [9.17, 15) is 0 Å². The number of guanidine groups is 1. The molecule has 0 spiro atoms. The Balaban J connectivity index is 0.00000363. The molecule has 0 aliphatic carbocycles. The summed E-state index contributed by atoms with van der Waals surface area (Å²) in [5.41, 5.74) is 2.71. The third-order valence-corrected chi connectivity index (χ3v) is 5.97. The topological polar surface area (TPSA) is 42.9 Å². The minimum Gasteiger partial charge on any atom is -0.357 e. The number of halogens is 1. The molecule has 1 heterocycles. The number of rotatable bonds is 9. The number of hydrogen-bond acceptors (Lipinski definition) is 3. The summed E-state index contributed by atoms with van der Waals surface area (Å²) in [6.07, 6.45) is 2.24. The summed E-state index contributed by atoms with van der Waals surface area (Å²) in [4.78, 5) is 9.87. The second-order valence-corrected chi connectivity index (χ2v) is 8.35. The minimum atomic E-state index is 0. The molecule has 0 unspecified atom stereocenters. The average molecular weight is 550 g/mol. The molecule has 32 heavy (non-hydrogen) atoms. The summed E-state index contributed by atoms with van der Waals surface area (Å²) in [6, 6.07) is 21.6. The molecule has 1 saturated heterocycles. The molecule has 0 amide bonds. The molecule has 1 aliphatic heterocycles. The van der Waals surface area contributed by atoms with Gasteiger partial charge in [0, 0.05) is 45.2 Å². The molecule has 0 bridgehead atoms. The lowest BCUT2D eigenvalue weighted by Crippen LogP contribution is -2.42. The monoisotopic (exact) mass is 549 g/mol. The van der Waals surface area contributed by atoms with Crippen molar-refractivity contribution in [3.8, 4) is 0 Å². The van der Waals surface area contributed by atoms with Crippen molar-refractivity contribution < 1.29 is 0 Å². The first-order valence-electron chi connectivity index (χ1n) is 11.8. The van der Waals surface area contributed by atoms with Crippen molar-refractivity contribution in [1.29, 1.82) is 0 Å². The minimum absolute atomic E-state index is 0. The molecule has 0 saturated carbocycles. The highest BCUT2D eigenvalue weighted by molar-refractivity contribution is 14.0. The Labute approximate surface area is 211 Å². The van der Waals surface area contributed by atoms with E-state index in [-0.39, 0.29) is 24.0 Å². The number of nitrogens with one attached hydrogen (secondary N) is 2. The summed E-state index contributed by atoms with van der Waals surface area (Å²) in [7, 11) is 2.22. The Bertz CT molecular complexity index is 729. The number of benzene rings is 2. The zero-order valence-electron chi connectivity index (χ0n) is 19.7. The third-order valence-electron chi connectivity index (χ3n) is 5.97. The number of hydrogen-bond donors (Lipinski definition) is 2. The lowest BCUT2D eigenvalue weighted by Gasteiger charge is -2.21. The Hall–Kier alpha value is -1.64. The second kappa shape index (κ2) is 15.2. The van der Waals surface area contributed by atoms with Crippen molar-refractivity contribution in [3.05, 3.63) is 71.8 Å². The van der Waals surface area contributed by atoms with Crippen LogP contribution in [0.3, 0.4) is 0 Å². The molecule has 0 aromatic heterocycles. The van der Waals surface area contributed by atoms with Gasteiger partial charge in [-0.2, -0.15) is 0 Å². The van der Waals surface area contributed by atoms with Gasteiger partial charge < -0.3 is 20.4 Å². The Morgan fingerprint density at radius 3 is 2.19 bits per heavy atom. The highest BCUT2D eigenvalue weighted by Gasteiger charge is 2.14. The normalized spacial score (nSPS) is 15.8. The maximum absolute atomic E-state index is 4.89. The van der Waals surface area contributed by atoms with Gasteiger partial charge >= 0.3 is 0 Å². The van der Waals surface area contributed by atoms with Crippen LogP contribution in [0, 0.1) is 0 Å². The van der Waals surface area contributed by atoms with Crippen LogP contribution in [-0.4, -0.2) is 75.2 Å². The number of nitrogens with zero attached hydrogens (tertiary/aromatic N) is 3. The van der Waals surface area contributed by atoms with Crippen LogP contribution in [0.4, 0.5) is 0 Å². The van der Waals surface area contributed by atoms with Crippen LogP contribution in [0.25, 0.3) is 0 Å². The summed E-state index contributed by atoms with van der Waals surface area (Å²) >= 11 is 0. The first-order chi connectivity index (χ1) is 15.3. The fourth-order valence-corrected chi connectivity index (χ4v) is 4.20. The molecule has 5 nitrogen and oxygen atoms in total. The van der Waals surface area contributed by atoms with Crippen molar-refractivity contribution in [2.24, 2.45) is 4.99 Å². The molecule has 3 rings (SSSR count). The molecule has 176 valence electrons. The van der Waals surface area contributed by atoms with Gasteiger partial charge in [0.05, 0.1) is 0 Å². The van der Waals surface area contributed by atoms with Crippen LogP contribution in [0.5, 0.6) is 0 Å². The fourth-order valence-electron chi connectivity index (χ4n) is 4.20. The Morgan fingerprint density at radius 1 is 0.906 bits per heavy atom. The summed E-state index contributed by atoms with van der Waals surface area (Å²) in [5.74, 6) is 1.29. The smallest absolute Gasteiger partial charge is 0.191 e. The number of likely N-dealkylation sites (N-methyl/N-ethyl adjacent to an activating group) is 1. The van der Waals surface area contributed by atoms with E-state index in [0.29, 0.717) is 5.92 Å². The van der Waals surface area contributed by atoms with E-state index in [0.717, 1.165) is 51.6 Å². The van der Waals surface area contributed by atoms with Crippen molar-refractivity contribution in [2.45, 2.75) is 25.7 Å². The van der Waals surface area contributed by atoms with Crippen LogP contribution in [0.1, 0.15) is 36.8 Å². The molecule has 2 N–H and O–H groups in total. The highest BCUT2D eigenvalue weighted by atomic mass is 127. The maximum atomic E-state index is 4.89. The van der Waals surface area contributed by atoms with E-state index in [1.807, 2.05) is 0 Å². The van der Waals surface area contributed by atoms with Gasteiger partial charge in [0.15, 0.2) is 5.96 Å². The molecule has 0 radical (unpaired) electrons. The van der Waals surface area contributed by atoms with Crippen LogP contribution >= 0.6 is 24.0 Å².